The molecule has 4 unspecified atom stereocenters. The SMILES string of the molecule is CC(C)CC(NC(=O)C(CO)NC(=O)C(Cc1ccc(O)cc1)NC(=O)C(N)CCCCN)C(=O)O. The largest absolute Gasteiger partial charge is 0.508 e. The zero-order valence-corrected chi connectivity index (χ0v) is 20.8. The maximum absolute atomic E-state index is 13.1. The molecule has 0 heterocycles. The van der Waals surface area contributed by atoms with E-state index in [-0.39, 0.29) is 24.5 Å². The highest BCUT2D eigenvalue weighted by Gasteiger charge is 2.30. The Morgan fingerprint density at radius 3 is 1.97 bits per heavy atom. The summed E-state index contributed by atoms with van der Waals surface area (Å²) in [6.45, 7) is 3.27. The number of carbonyl (C=O) groups is 4. The lowest BCUT2D eigenvalue weighted by atomic mass is 10.0. The number of rotatable bonds is 16. The molecule has 0 aliphatic heterocycles. The fourth-order valence-electron chi connectivity index (χ4n) is 3.43. The van der Waals surface area contributed by atoms with E-state index in [4.69, 9.17) is 11.5 Å². The molecule has 0 aliphatic rings. The van der Waals surface area contributed by atoms with Crippen LogP contribution in [0.4, 0.5) is 0 Å². The number of phenols is 1. The summed E-state index contributed by atoms with van der Waals surface area (Å²) in [5.74, 6) is -3.44. The number of amides is 3. The lowest BCUT2D eigenvalue weighted by molar-refractivity contribution is -0.143. The van der Waals surface area contributed by atoms with Crippen molar-refractivity contribution in [1.29, 1.82) is 0 Å². The van der Waals surface area contributed by atoms with Crippen LogP contribution in [0.1, 0.15) is 45.1 Å². The minimum Gasteiger partial charge on any atom is -0.508 e. The van der Waals surface area contributed by atoms with E-state index < -0.39 is 54.5 Å². The van der Waals surface area contributed by atoms with E-state index in [1.54, 1.807) is 26.0 Å². The van der Waals surface area contributed by atoms with Crippen LogP contribution >= 0.6 is 0 Å². The van der Waals surface area contributed by atoms with E-state index in [1.165, 1.54) is 12.1 Å². The molecule has 0 bridgehead atoms. The molecule has 10 N–H and O–H groups in total. The standard InChI is InChI=1S/C24H39N5O7/c1-14(2)11-19(24(35)36)28-23(34)20(13-30)29-22(33)18(12-15-6-8-16(31)9-7-15)27-21(32)17(26)5-3-4-10-25/h6-9,14,17-20,30-31H,3-5,10-13,25-26H2,1-2H3,(H,27,32)(H,28,34)(H,29,33)(H,35,36). The summed E-state index contributed by atoms with van der Waals surface area (Å²) in [4.78, 5) is 49.8. The average Bonchev–Trinajstić information content (AvgIpc) is 2.82. The van der Waals surface area contributed by atoms with Gasteiger partial charge < -0.3 is 42.7 Å². The monoisotopic (exact) mass is 509 g/mol. The van der Waals surface area contributed by atoms with Crippen molar-refractivity contribution in [1.82, 2.24) is 16.0 Å². The number of carbonyl (C=O) groups excluding carboxylic acids is 3. The summed E-state index contributed by atoms with van der Waals surface area (Å²) in [6.07, 6.45) is 1.87. The molecule has 12 heteroatoms. The van der Waals surface area contributed by atoms with Crippen molar-refractivity contribution >= 4 is 23.7 Å². The lowest BCUT2D eigenvalue weighted by Gasteiger charge is -2.25. The van der Waals surface area contributed by atoms with Crippen molar-refractivity contribution in [3.05, 3.63) is 29.8 Å². The van der Waals surface area contributed by atoms with Crippen molar-refractivity contribution in [3.63, 3.8) is 0 Å². The van der Waals surface area contributed by atoms with Crippen molar-refractivity contribution < 1.29 is 34.5 Å². The van der Waals surface area contributed by atoms with E-state index in [0.29, 0.717) is 31.4 Å². The molecule has 0 aliphatic carbocycles. The van der Waals surface area contributed by atoms with Gasteiger partial charge in [0.1, 0.15) is 23.9 Å². The number of phenolic OH excluding ortho intramolecular Hbond substituents is 1. The number of benzene rings is 1. The molecule has 0 aromatic heterocycles. The van der Waals surface area contributed by atoms with Crippen LogP contribution in [-0.4, -0.2) is 76.3 Å². The van der Waals surface area contributed by atoms with Gasteiger partial charge in [-0.05, 0) is 49.4 Å². The fourth-order valence-corrected chi connectivity index (χ4v) is 3.43. The van der Waals surface area contributed by atoms with Crippen molar-refractivity contribution in [2.75, 3.05) is 13.2 Å². The number of aromatic hydroxyl groups is 1. The molecule has 1 aromatic carbocycles. The van der Waals surface area contributed by atoms with Gasteiger partial charge in [-0.3, -0.25) is 14.4 Å². The smallest absolute Gasteiger partial charge is 0.326 e. The Labute approximate surface area is 210 Å². The second-order valence-corrected chi connectivity index (χ2v) is 9.10. The zero-order chi connectivity index (χ0) is 27.3. The second kappa shape index (κ2) is 15.7. The van der Waals surface area contributed by atoms with Crippen LogP contribution in [-0.2, 0) is 25.6 Å². The molecule has 0 saturated heterocycles. The summed E-state index contributed by atoms with van der Waals surface area (Å²) in [7, 11) is 0. The molecule has 0 radical (unpaired) electrons. The Balaban J connectivity index is 2.98. The van der Waals surface area contributed by atoms with E-state index in [0.717, 1.165) is 0 Å². The number of carboxylic acid groups (broad SMARTS) is 1. The maximum Gasteiger partial charge on any atom is 0.326 e. The Morgan fingerprint density at radius 1 is 0.889 bits per heavy atom. The number of hydrogen-bond acceptors (Lipinski definition) is 8. The number of aliphatic hydroxyl groups is 1. The van der Waals surface area contributed by atoms with Gasteiger partial charge in [-0.2, -0.15) is 0 Å². The molecule has 0 spiro atoms. The molecular weight excluding hydrogens is 470 g/mol. The predicted molar refractivity (Wildman–Crippen MR) is 133 cm³/mol. The first-order valence-corrected chi connectivity index (χ1v) is 12.0. The maximum atomic E-state index is 13.1. The van der Waals surface area contributed by atoms with Gasteiger partial charge in [0, 0.05) is 6.42 Å². The average molecular weight is 510 g/mol. The first-order valence-electron chi connectivity index (χ1n) is 12.0. The molecule has 4 atom stereocenters. The highest BCUT2D eigenvalue weighted by molar-refractivity contribution is 5.94. The number of carboxylic acids is 1. The predicted octanol–water partition coefficient (Wildman–Crippen LogP) is -1.03. The van der Waals surface area contributed by atoms with Crippen LogP contribution in [0.25, 0.3) is 0 Å². The van der Waals surface area contributed by atoms with Crippen molar-refractivity contribution in [2.24, 2.45) is 17.4 Å². The van der Waals surface area contributed by atoms with Crippen LogP contribution < -0.4 is 27.4 Å². The molecule has 0 fully saturated rings. The number of nitrogens with one attached hydrogen (secondary N) is 3. The van der Waals surface area contributed by atoms with Gasteiger partial charge in [-0.25, -0.2) is 4.79 Å². The van der Waals surface area contributed by atoms with Gasteiger partial charge in [0.05, 0.1) is 12.6 Å². The Kier molecular flexibility index (Phi) is 13.4. The van der Waals surface area contributed by atoms with Crippen LogP contribution in [0.2, 0.25) is 0 Å². The third-order valence-electron chi connectivity index (χ3n) is 5.45. The van der Waals surface area contributed by atoms with Gasteiger partial charge in [0.25, 0.3) is 0 Å². The normalized spacial score (nSPS) is 14.4. The molecule has 3 amide bonds. The molecule has 36 heavy (non-hydrogen) atoms. The van der Waals surface area contributed by atoms with E-state index in [2.05, 4.69) is 16.0 Å². The summed E-state index contributed by atoms with van der Waals surface area (Å²) in [5.41, 5.74) is 12.0. The molecule has 1 rings (SSSR count). The number of aliphatic carboxylic acids is 1. The lowest BCUT2D eigenvalue weighted by Crippen LogP contribution is -2.58. The minimum atomic E-state index is -1.44. The Bertz CT molecular complexity index is 863. The van der Waals surface area contributed by atoms with Gasteiger partial charge >= 0.3 is 5.97 Å². The summed E-state index contributed by atoms with van der Waals surface area (Å²) < 4.78 is 0. The van der Waals surface area contributed by atoms with E-state index >= 15 is 0 Å². The summed E-state index contributed by atoms with van der Waals surface area (Å²) in [6, 6.07) is 1.33. The van der Waals surface area contributed by atoms with E-state index in [1.807, 2.05) is 0 Å². The highest BCUT2D eigenvalue weighted by atomic mass is 16.4. The van der Waals surface area contributed by atoms with Gasteiger partial charge in [-0.1, -0.05) is 32.4 Å². The quantitative estimate of drug-likeness (QED) is 0.128. The van der Waals surface area contributed by atoms with Crippen LogP contribution in [0, 0.1) is 5.92 Å². The first kappa shape index (κ1) is 30.8. The van der Waals surface area contributed by atoms with Crippen molar-refractivity contribution in [3.8, 4) is 5.75 Å². The third kappa shape index (κ3) is 11.0. The van der Waals surface area contributed by atoms with Gasteiger partial charge in [-0.15, -0.1) is 0 Å². The van der Waals surface area contributed by atoms with Gasteiger partial charge in [0.2, 0.25) is 17.7 Å². The topological polar surface area (TPSA) is 217 Å². The molecule has 1 aromatic rings. The number of unbranched alkanes of at least 4 members (excludes halogenated alkanes) is 1. The highest BCUT2D eigenvalue weighted by Crippen LogP contribution is 2.12. The Hall–Kier alpha value is -3.22. The molecular formula is C24H39N5O7. The summed E-state index contributed by atoms with van der Waals surface area (Å²) in [5, 5.41) is 35.9. The zero-order valence-electron chi connectivity index (χ0n) is 20.8. The second-order valence-electron chi connectivity index (χ2n) is 9.10. The van der Waals surface area contributed by atoms with Gasteiger partial charge in [0.15, 0.2) is 0 Å². The fraction of sp³-hybridized carbons (Fsp3) is 0.583. The minimum absolute atomic E-state index is 0.0121. The van der Waals surface area contributed by atoms with E-state index in [9.17, 15) is 34.5 Å². The third-order valence-corrected chi connectivity index (χ3v) is 5.45. The van der Waals surface area contributed by atoms with Crippen LogP contribution in [0.15, 0.2) is 24.3 Å². The number of hydrogen-bond donors (Lipinski definition) is 8. The van der Waals surface area contributed by atoms with Crippen LogP contribution in [0.3, 0.4) is 0 Å². The number of nitrogens with two attached hydrogens (primary N) is 2. The Morgan fingerprint density at radius 2 is 1.44 bits per heavy atom. The first-order chi connectivity index (χ1) is 17.0. The summed E-state index contributed by atoms with van der Waals surface area (Å²) >= 11 is 0. The van der Waals surface area contributed by atoms with Crippen molar-refractivity contribution in [2.45, 2.75) is 70.1 Å². The number of aliphatic hydroxyl groups excluding tert-OH is 1. The van der Waals surface area contributed by atoms with Crippen LogP contribution in [0.5, 0.6) is 5.75 Å². The molecule has 12 nitrogen and oxygen atoms in total. The molecule has 0 saturated carbocycles. The molecule has 202 valence electrons.